The van der Waals surface area contributed by atoms with E-state index < -0.39 is 21.8 Å². The maximum Gasteiger partial charge on any atom is 0.320 e. The van der Waals surface area contributed by atoms with E-state index >= 15 is 0 Å². The van der Waals surface area contributed by atoms with Gasteiger partial charge in [-0.05, 0) is 99.6 Å². The van der Waals surface area contributed by atoms with Gasteiger partial charge in [-0.1, -0.05) is 54.1 Å². The number of benzene rings is 3. The molecule has 0 atom stereocenters. The SMILES string of the molecule is Cc1ccc([S+](c2ccccc2)c2ccccc2)cc1.O=C(CS(=O)(=O)[O-])OCCOC(=O)C12CC3CC(CC(C3)C1)C2. The molecule has 4 fully saturated rings. The Bertz CT molecular complexity index is 1410. The van der Waals surface area contributed by atoms with Crippen LogP contribution in [0, 0.1) is 30.1 Å². The molecule has 0 saturated heterocycles. The highest BCUT2D eigenvalue weighted by molar-refractivity contribution is 7.97. The molecule has 3 aromatic carbocycles. The van der Waals surface area contributed by atoms with Gasteiger partial charge in [0, 0.05) is 0 Å². The Balaban J connectivity index is 0.000000173. The van der Waals surface area contributed by atoms with Crippen LogP contribution in [0.1, 0.15) is 44.1 Å². The van der Waals surface area contributed by atoms with Crippen LogP contribution in [0.3, 0.4) is 0 Å². The molecule has 0 heterocycles. The number of rotatable bonds is 9. The predicted octanol–water partition coefficient (Wildman–Crippen LogP) is 5.92. The van der Waals surface area contributed by atoms with E-state index in [-0.39, 0.29) is 35.5 Å². The van der Waals surface area contributed by atoms with Crippen molar-refractivity contribution in [3.05, 3.63) is 90.5 Å². The van der Waals surface area contributed by atoms with Crippen molar-refractivity contribution in [2.45, 2.75) is 60.1 Å². The molecule has 3 aromatic rings. The van der Waals surface area contributed by atoms with Crippen LogP contribution < -0.4 is 0 Å². The number of carbonyl (C=O) groups is 2. The standard InChI is InChI=1S/C19H17S.C15H22O7S/c1-16-12-14-19(15-13-16)20(17-8-4-2-5-9-17)18-10-6-3-7-11-18;16-13(9-23(18,19)20)21-1-2-22-14(17)15-6-10-3-11(7-15)5-12(4-10)8-15/h2-15H,1H3;10-12H,1-9H2,(H,18,19,20)/q+1;/p-1. The molecule has 0 amide bonds. The van der Waals surface area contributed by atoms with Gasteiger partial charge in [-0.15, -0.1) is 0 Å². The van der Waals surface area contributed by atoms with Gasteiger partial charge in [0.2, 0.25) is 0 Å². The smallest absolute Gasteiger partial charge is 0.320 e. The molecule has 4 bridgehead atoms. The molecular formula is C34H38O7S2. The Hall–Kier alpha value is -3.14. The summed E-state index contributed by atoms with van der Waals surface area (Å²) in [4.78, 5) is 27.6. The average molecular weight is 623 g/mol. The Morgan fingerprint density at radius 2 is 1.19 bits per heavy atom. The van der Waals surface area contributed by atoms with Gasteiger partial charge in [0.1, 0.15) is 29.1 Å². The van der Waals surface area contributed by atoms with Crippen molar-refractivity contribution >= 4 is 33.0 Å². The zero-order chi connectivity index (χ0) is 30.5. The lowest BCUT2D eigenvalue weighted by Gasteiger charge is -2.55. The zero-order valence-electron chi connectivity index (χ0n) is 24.4. The van der Waals surface area contributed by atoms with Gasteiger partial charge in [-0.2, -0.15) is 0 Å². The van der Waals surface area contributed by atoms with Crippen LogP contribution >= 0.6 is 0 Å². The van der Waals surface area contributed by atoms with Crippen molar-refractivity contribution in [2.24, 2.45) is 23.2 Å². The summed E-state index contributed by atoms with van der Waals surface area (Å²) in [5.41, 5.74) is 0.940. The minimum atomic E-state index is -4.64. The fourth-order valence-electron chi connectivity index (χ4n) is 7.19. The van der Waals surface area contributed by atoms with Crippen molar-refractivity contribution in [3.63, 3.8) is 0 Å². The van der Waals surface area contributed by atoms with Gasteiger partial charge in [0.15, 0.2) is 14.7 Å². The lowest BCUT2D eigenvalue weighted by Crippen LogP contribution is -2.50. The monoisotopic (exact) mass is 622 g/mol. The summed E-state index contributed by atoms with van der Waals surface area (Å²) in [7, 11) is -4.66. The molecule has 0 N–H and O–H groups in total. The normalized spacial score (nSPS) is 23.7. The number of hydrogen-bond donors (Lipinski definition) is 0. The third-order valence-corrected chi connectivity index (χ3v) is 11.4. The van der Waals surface area contributed by atoms with Crippen molar-refractivity contribution < 1.29 is 32.0 Å². The number of ether oxygens (including phenoxy) is 2. The molecule has 7 rings (SSSR count). The first-order chi connectivity index (χ1) is 20.6. The Morgan fingerprint density at radius 3 is 1.65 bits per heavy atom. The van der Waals surface area contributed by atoms with E-state index in [0.717, 1.165) is 19.3 Å². The van der Waals surface area contributed by atoms with Crippen molar-refractivity contribution in [2.75, 3.05) is 19.0 Å². The molecule has 4 saturated carbocycles. The second kappa shape index (κ2) is 13.7. The van der Waals surface area contributed by atoms with Crippen LogP contribution in [-0.2, 0) is 40.1 Å². The number of carbonyl (C=O) groups excluding carboxylic acids is 2. The highest BCUT2D eigenvalue weighted by atomic mass is 32.2. The first-order valence-electron chi connectivity index (χ1n) is 14.8. The maximum atomic E-state index is 12.5. The van der Waals surface area contributed by atoms with E-state index in [2.05, 4.69) is 96.6 Å². The summed E-state index contributed by atoms with van der Waals surface area (Å²) >= 11 is 0. The van der Waals surface area contributed by atoms with E-state index in [0.29, 0.717) is 17.8 Å². The highest BCUT2D eigenvalue weighted by Crippen LogP contribution is 2.60. The second-order valence-electron chi connectivity index (χ2n) is 12.0. The van der Waals surface area contributed by atoms with Gasteiger partial charge in [-0.3, -0.25) is 9.59 Å². The van der Waals surface area contributed by atoms with Crippen LogP contribution in [0.5, 0.6) is 0 Å². The molecule has 228 valence electrons. The quantitative estimate of drug-likeness (QED) is 0.126. The van der Waals surface area contributed by atoms with E-state index in [9.17, 15) is 22.6 Å². The fourth-order valence-corrected chi connectivity index (χ4v) is 9.64. The zero-order valence-corrected chi connectivity index (χ0v) is 26.0. The lowest BCUT2D eigenvalue weighted by atomic mass is 9.49. The predicted molar refractivity (Wildman–Crippen MR) is 163 cm³/mol. The molecule has 0 aromatic heterocycles. The van der Waals surface area contributed by atoms with Crippen LogP contribution in [0.2, 0.25) is 0 Å². The third-order valence-electron chi connectivity index (χ3n) is 8.56. The summed E-state index contributed by atoms with van der Waals surface area (Å²) in [5, 5.41) is 0. The van der Waals surface area contributed by atoms with Gasteiger partial charge in [0.25, 0.3) is 0 Å². The van der Waals surface area contributed by atoms with Gasteiger partial charge >= 0.3 is 11.9 Å². The van der Waals surface area contributed by atoms with Gasteiger partial charge in [0.05, 0.1) is 16.3 Å². The summed E-state index contributed by atoms with van der Waals surface area (Å²) < 4.78 is 41.1. The molecule has 43 heavy (non-hydrogen) atoms. The number of aryl methyl sites for hydroxylation is 1. The summed E-state index contributed by atoms with van der Waals surface area (Å²) in [6, 6.07) is 30.4. The summed E-state index contributed by atoms with van der Waals surface area (Å²) in [5.74, 6) is -0.637. The summed E-state index contributed by atoms with van der Waals surface area (Å²) in [6.07, 6.45) is 6.37. The van der Waals surface area contributed by atoms with Crippen LogP contribution in [-0.4, -0.2) is 43.9 Å². The molecule has 0 spiro atoms. The minimum Gasteiger partial charge on any atom is -0.748 e. The molecular weight excluding hydrogens is 585 g/mol. The molecule has 4 aliphatic carbocycles. The highest BCUT2D eigenvalue weighted by Gasteiger charge is 2.55. The Kier molecular flexibility index (Phi) is 9.94. The average Bonchev–Trinajstić information content (AvgIpc) is 2.96. The first kappa shape index (κ1) is 31.3. The maximum absolute atomic E-state index is 12.5. The van der Waals surface area contributed by atoms with Crippen LogP contribution in [0.4, 0.5) is 0 Å². The van der Waals surface area contributed by atoms with Crippen molar-refractivity contribution in [3.8, 4) is 0 Å². The molecule has 0 radical (unpaired) electrons. The lowest BCUT2D eigenvalue weighted by molar-refractivity contribution is -0.174. The fraction of sp³-hybridized carbons (Fsp3) is 0.412. The van der Waals surface area contributed by atoms with E-state index in [1.54, 1.807) is 0 Å². The van der Waals surface area contributed by atoms with E-state index in [1.165, 1.54) is 39.5 Å². The molecule has 0 aliphatic heterocycles. The van der Waals surface area contributed by atoms with Gasteiger partial charge < -0.3 is 14.0 Å². The van der Waals surface area contributed by atoms with Crippen molar-refractivity contribution in [1.82, 2.24) is 0 Å². The summed E-state index contributed by atoms with van der Waals surface area (Å²) in [6.45, 7) is 1.80. The molecule has 4 aliphatic rings. The van der Waals surface area contributed by atoms with Crippen molar-refractivity contribution in [1.29, 1.82) is 0 Å². The number of hydrogen-bond acceptors (Lipinski definition) is 7. The topological polar surface area (TPSA) is 110 Å². The molecule has 0 unspecified atom stereocenters. The van der Waals surface area contributed by atoms with Gasteiger partial charge in [-0.25, -0.2) is 8.42 Å². The Labute approximate surface area is 257 Å². The van der Waals surface area contributed by atoms with Crippen LogP contribution in [0.25, 0.3) is 0 Å². The third kappa shape index (κ3) is 8.28. The Morgan fingerprint density at radius 1 is 0.744 bits per heavy atom. The minimum absolute atomic E-state index is 0.0229. The van der Waals surface area contributed by atoms with Crippen LogP contribution in [0.15, 0.2) is 99.6 Å². The first-order valence-corrected chi connectivity index (χ1v) is 17.6. The largest absolute Gasteiger partial charge is 0.748 e. The van der Waals surface area contributed by atoms with E-state index in [1.807, 2.05) is 0 Å². The van der Waals surface area contributed by atoms with E-state index in [4.69, 9.17) is 4.74 Å². The molecule has 9 heteroatoms. The second-order valence-corrected chi connectivity index (χ2v) is 15.4. The molecule has 7 nitrogen and oxygen atoms in total. The number of esters is 2.